The molecule has 0 radical (unpaired) electrons. The van der Waals surface area contributed by atoms with E-state index in [-0.39, 0.29) is 18.9 Å². The number of ether oxygens (including phenoxy) is 2. The van der Waals surface area contributed by atoms with Crippen molar-refractivity contribution in [3.8, 4) is 11.1 Å². The molecule has 1 heterocycles. The van der Waals surface area contributed by atoms with Gasteiger partial charge in [-0.25, -0.2) is 9.79 Å². The minimum absolute atomic E-state index is 0.0723. The molecular formula is C23H25NO4S. The first kappa shape index (κ1) is 21.1. The van der Waals surface area contributed by atoms with Crippen molar-refractivity contribution in [3.63, 3.8) is 0 Å². The van der Waals surface area contributed by atoms with Gasteiger partial charge in [-0.3, -0.25) is 4.79 Å². The number of rotatable bonds is 4. The molecule has 0 fully saturated rings. The normalized spacial score (nSPS) is 17.5. The van der Waals surface area contributed by atoms with Gasteiger partial charge in [0.05, 0.1) is 18.9 Å². The fourth-order valence-electron chi connectivity index (χ4n) is 3.43. The number of hydrogen-bond acceptors (Lipinski definition) is 6. The zero-order valence-corrected chi connectivity index (χ0v) is 17.9. The van der Waals surface area contributed by atoms with Crippen molar-refractivity contribution >= 4 is 35.1 Å². The summed E-state index contributed by atoms with van der Waals surface area (Å²) in [6, 6.07) is 15.6. The topological polar surface area (TPSA) is 65.0 Å². The van der Waals surface area contributed by atoms with Crippen LogP contribution in [0.2, 0.25) is 0 Å². The quantitative estimate of drug-likeness (QED) is 0.659. The van der Waals surface area contributed by atoms with Crippen molar-refractivity contribution in [1.82, 2.24) is 0 Å². The third kappa shape index (κ3) is 4.37. The lowest BCUT2D eigenvalue weighted by Crippen LogP contribution is -2.44. The van der Waals surface area contributed by atoms with Gasteiger partial charge in [-0.1, -0.05) is 36.4 Å². The second-order valence-electron chi connectivity index (χ2n) is 7.12. The molecule has 1 atom stereocenters. The summed E-state index contributed by atoms with van der Waals surface area (Å²) in [5.74, 6) is -1.96. The van der Waals surface area contributed by atoms with E-state index >= 15 is 0 Å². The maximum absolute atomic E-state index is 13.0. The minimum Gasteiger partial charge on any atom is -0.465 e. The second kappa shape index (κ2) is 8.82. The Morgan fingerprint density at radius 2 is 1.59 bits per heavy atom. The summed E-state index contributed by atoms with van der Waals surface area (Å²) >= 11 is 1.54. The first-order chi connectivity index (χ1) is 13.9. The molecule has 0 aromatic heterocycles. The van der Waals surface area contributed by atoms with Crippen molar-refractivity contribution in [2.75, 3.05) is 13.2 Å². The number of benzene rings is 2. The number of carbonyl (C=O) groups is 2. The highest BCUT2D eigenvalue weighted by Gasteiger charge is 2.45. The third-order valence-electron chi connectivity index (χ3n) is 4.67. The predicted molar refractivity (Wildman–Crippen MR) is 116 cm³/mol. The van der Waals surface area contributed by atoms with Crippen LogP contribution < -0.4 is 0 Å². The smallest absolute Gasteiger partial charge is 0.353 e. The highest BCUT2D eigenvalue weighted by Crippen LogP contribution is 2.47. The SMILES string of the molecule is CCOC(=O)C1=Nc2ccccc2-c2ccccc2SC(C)(C)C1C(=O)OCC. The lowest BCUT2D eigenvalue weighted by atomic mass is 9.89. The fraction of sp³-hybridized carbons (Fsp3) is 0.348. The molecule has 0 saturated carbocycles. The molecule has 5 nitrogen and oxygen atoms in total. The van der Waals surface area contributed by atoms with Crippen LogP contribution in [0.5, 0.6) is 0 Å². The van der Waals surface area contributed by atoms with E-state index in [0.717, 1.165) is 16.0 Å². The molecule has 0 aliphatic carbocycles. The molecule has 6 heteroatoms. The summed E-state index contributed by atoms with van der Waals surface area (Å²) < 4.78 is 9.93. The van der Waals surface area contributed by atoms with Gasteiger partial charge in [-0.15, -0.1) is 11.8 Å². The molecule has 2 aromatic carbocycles. The monoisotopic (exact) mass is 411 g/mol. The van der Waals surface area contributed by atoms with Crippen LogP contribution in [0.15, 0.2) is 58.4 Å². The summed E-state index contributed by atoms with van der Waals surface area (Å²) in [6.07, 6.45) is 0. The number of nitrogens with zero attached hydrogens (tertiary/aromatic N) is 1. The van der Waals surface area contributed by atoms with Crippen LogP contribution in [-0.2, 0) is 19.1 Å². The maximum atomic E-state index is 13.0. The zero-order valence-electron chi connectivity index (χ0n) is 17.1. The van der Waals surface area contributed by atoms with Gasteiger partial charge in [0.1, 0.15) is 11.6 Å². The van der Waals surface area contributed by atoms with Crippen LogP contribution >= 0.6 is 11.8 Å². The highest BCUT2D eigenvalue weighted by atomic mass is 32.2. The van der Waals surface area contributed by atoms with Gasteiger partial charge in [0.15, 0.2) is 0 Å². The highest BCUT2D eigenvalue weighted by molar-refractivity contribution is 8.00. The van der Waals surface area contributed by atoms with Crippen molar-refractivity contribution < 1.29 is 19.1 Å². The Kier molecular flexibility index (Phi) is 6.42. The first-order valence-electron chi connectivity index (χ1n) is 9.68. The molecule has 3 rings (SSSR count). The fourth-order valence-corrected chi connectivity index (χ4v) is 4.76. The summed E-state index contributed by atoms with van der Waals surface area (Å²) in [4.78, 5) is 31.6. The number of carbonyl (C=O) groups excluding carboxylic acids is 2. The molecule has 0 spiro atoms. The van der Waals surface area contributed by atoms with Gasteiger partial charge in [0.25, 0.3) is 0 Å². The van der Waals surface area contributed by atoms with Crippen molar-refractivity contribution in [1.29, 1.82) is 0 Å². The molecular weight excluding hydrogens is 386 g/mol. The Hall–Kier alpha value is -2.60. The molecule has 1 unspecified atom stereocenters. The third-order valence-corrected chi connectivity index (χ3v) is 6.01. The standard InChI is InChI=1S/C23H25NO4S/c1-5-27-21(25)19-20(22(26)28-6-2)24-17-13-9-7-11-15(17)16-12-8-10-14-18(16)29-23(19,3)4/h7-14,19H,5-6H2,1-4H3. The molecule has 2 aromatic rings. The summed E-state index contributed by atoms with van der Waals surface area (Å²) in [5, 5.41) is 0. The van der Waals surface area contributed by atoms with E-state index in [1.807, 2.05) is 62.4 Å². The Morgan fingerprint density at radius 3 is 2.28 bits per heavy atom. The summed E-state index contributed by atoms with van der Waals surface area (Å²) in [7, 11) is 0. The Morgan fingerprint density at radius 1 is 0.966 bits per heavy atom. The number of hydrogen-bond donors (Lipinski definition) is 0. The number of esters is 2. The molecule has 1 aliphatic rings. The molecule has 0 saturated heterocycles. The maximum Gasteiger partial charge on any atom is 0.353 e. The van der Waals surface area contributed by atoms with E-state index in [1.165, 1.54) is 11.8 Å². The molecule has 1 aliphatic heterocycles. The molecule has 29 heavy (non-hydrogen) atoms. The van der Waals surface area contributed by atoms with Gasteiger partial charge in [-0.2, -0.15) is 0 Å². The van der Waals surface area contributed by atoms with Crippen molar-refractivity contribution in [3.05, 3.63) is 48.5 Å². The van der Waals surface area contributed by atoms with Gasteiger partial charge >= 0.3 is 11.9 Å². The van der Waals surface area contributed by atoms with Crippen LogP contribution in [0, 0.1) is 5.92 Å². The largest absolute Gasteiger partial charge is 0.465 e. The molecule has 152 valence electrons. The lowest BCUT2D eigenvalue weighted by Gasteiger charge is -2.32. The first-order valence-corrected chi connectivity index (χ1v) is 10.5. The average molecular weight is 412 g/mol. The molecule has 0 bridgehead atoms. The average Bonchev–Trinajstić information content (AvgIpc) is 2.72. The van der Waals surface area contributed by atoms with Gasteiger partial charge in [0.2, 0.25) is 0 Å². The number of thioether (sulfide) groups is 1. The van der Waals surface area contributed by atoms with Gasteiger partial charge in [-0.05, 0) is 45.4 Å². The van der Waals surface area contributed by atoms with E-state index in [1.54, 1.807) is 13.8 Å². The van der Waals surface area contributed by atoms with Crippen LogP contribution in [0.1, 0.15) is 27.7 Å². The molecule has 0 amide bonds. The Balaban J connectivity index is 2.31. The lowest BCUT2D eigenvalue weighted by molar-refractivity contribution is -0.147. The minimum atomic E-state index is -0.884. The summed E-state index contributed by atoms with van der Waals surface area (Å²) in [6.45, 7) is 7.76. The van der Waals surface area contributed by atoms with E-state index in [4.69, 9.17) is 9.47 Å². The number of aliphatic imine (C=N–C) groups is 1. The van der Waals surface area contributed by atoms with Crippen LogP contribution in [0.25, 0.3) is 11.1 Å². The van der Waals surface area contributed by atoms with Crippen LogP contribution in [-0.4, -0.2) is 35.6 Å². The van der Waals surface area contributed by atoms with Gasteiger partial charge in [0, 0.05) is 15.2 Å². The Bertz CT molecular complexity index is 951. The van der Waals surface area contributed by atoms with Crippen molar-refractivity contribution in [2.24, 2.45) is 10.9 Å². The Labute approximate surface area is 175 Å². The predicted octanol–water partition coefficient (Wildman–Crippen LogP) is 5.05. The van der Waals surface area contributed by atoms with E-state index < -0.39 is 22.6 Å². The van der Waals surface area contributed by atoms with E-state index in [9.17, 15) is 9.59 Å². The zero-order chi connectivity index (χ0) is 21.0. The van der Waals surface area contributed by atoms with E-state index in [0.29, 0.717) is 5.69 Å². The van der Waals surface area contributed by atoms with Gasteiger partial charge < -0.3 is 9.47 Å². The number of fused-ring (bicyclic) bond motifs is 3. The van der Waals surface area contributed by atoms with Crippen molar-refractivity contribution in [2.45, 2.75) is 37.3 Å². The summed E-state index contributed by atoms with van der Waals surface area (Å²) in [5.41, 5.74) is 2.61. The molecule has 0 N–H and O–H groups in total. The van der Waals surface area contributed by atoms with Crippen LogP contribution in [0.3, 0.4) is 0 Å². The van der Waals surface area contributed by atoms with E-state index in [2.05, 4.69) is 4.99 Å². The van der Waals surface area contributed by atoms with Crippen LogP contribution in [0.4, 0.5) is 5.69 Å². The second-order valence-corrected chi connectivity index (χ2v) is 8.82. The number of para-hydroxylation sites is 1.